The number of fused-ring (bicyclic) bond motifs is 4. The quantitative estimate of drug-likeness (QED) is 0.559. The van der Waals surface area contributed by atoms with Crippen molar-refractivity contribution in [3.05, 3.63) is 88.0 Å². The van der Waals surface area contributed by atoms with Crippen molar-refractivity contribution in [2.75, 3.05) is 0 Å². The monoisotopic (exact) mass is 339 g/mol. The minimum Gasteiger partial charge on any atom is -0.387 e. The molecule has 2 heteroatoms. The Hall–Kier alpha value is -2.87. The molecule has 0 saturated carbocycles. The van der Waals surface area contributed by atoms with Gasteiger partial charge in [-0.2, -0.15) is 0 Å². The lowest BCUT2D eigenvalue weighted by Crippen LogP contribution is -2.24. The number of aryl methyl sites for hydroxylation is 3. The maximum atomic E-state index is 5.83. The van der Waals surface area contributed by atoms with Gasteiger partial charge in [-0.3, -0.25) is 0 Å². The van der Waals surface area contributed by atoms with Crippen LogP contribution >= 0.6 is 0 Å². The van der Waals surface area contributed by atoms with E-state index in [1.807, 2.05) is 0 Å². The summed E-state index contributed by atoms with van der Waals surface area (Å²) in [6.07, 6.45) is 4.31. The molecule has 0 amide bonds. The van der Waals surface area contributed by atoms with E-state index in [0.29, 0.717) is 0 Å². The number of oxime groups is 1. The number of rotatable bonds is 1. The number of hydrogen-bond acceptors (Lipinski definition) is 2. The summed E-state index contributed by atoms with van der Waals surface area (Å²) in [5, 5.41) is 7.09. The van der Waals surface area contributed by atoms with Crippen LogP contribution in [0.15, 0.2) is 59.8 Å². The second-order valence-electron chi connectivity index (χ2n) is 7.49. The lowest BCUT2D eigenvalue weighted by Gasteiger charge is -2.25. The van der Waals surface area contributed by atoms with Crippen LogP contribution in [-0.4, -0.2) is 11.8 Å². The van der Waals surface area contributed by atoms with Crippen molar-refractivity contribution in [3.8, 4) is 0 Å². The Morgan fingerprint density at radius 2 is 1.58 bits per heavy atom. The molecule has 26 heavy (non-hydrogen) atoms. The molecule has 0 saturated heterocycles. The first-order valence-electron chi connectivity index (χ1n) is 9.14. The molecule has 2 aliphatic rings. The Labute approximate surface area is 153 Å². The molecule has 3 aromatic carbocycles. The Morgan fingerprint density at radius 3 is 2.31 bits per heavy atom. The Bertz CT molecular complexity index is 1080. The molecule has 0 N–H and O–H groups in total. The number of benzene rings is 3. The second-order valence-corrected chi connectivity index (χ2v) is 7.49. The molecule has 2 nitrogen and oxygen atoms in total. The van der Waals surface area contributed by atoms with Gasteiger partial charge >= 0.3 is 0 Å². The maximum absolute atomic E-state index is 5.83. The third-order valence-corrected chi connectivity index (χ3v) is 5.58. The summed E-state index contributed by atoms with van der Waals surface area (Å²) < 4.78 is 0. The molecule has 0 fully saturated rings. The highest BCUT2D eigenvalue weighted by molar-refractivity contribution is 6.09. The minimum absolute atomic E-state index is 0.0150. The van der Waals surface area contributed by atoms with E-state index in [9.17, 15) is 0 Å². The van der Waals surface area contributed by atoms with Gasteiger partial charge in [-0.15, -0.1) is 0 Å². The first kappa shape index (κ1) is 15.4. The molecular formula is C24H21NO. The molecule has 0 aromatic heterocycles. The van der Waals surface area contributed by atoms with Gasteiger partial charge in [0.15, 0.2) is 6.10 Å². The van der Waals surface area contributed by atoms with Crippen molar-refractivity contribution in [3.63, 3.8) is 0 Å². The zero-order chi connectivity index (χ0) is 17.8. The van der Waals surface area contributed by atoms with Gasteiger partial charge in [0.2, 0.25) is 0 Å². The van der Waals surface area contributed by atoms with Gasteiger partial charge in [-0.1, -0.05) is 53.2 Å². The fraction of sp³-hybridized carbons (Fsp3) is 0.208. The zero-order valence-electron chi connectivity index (χ0n) is 15.3. The van der Waals surface area contributed by atoms with Crippen LogP contribution in [0.1, 0.15) is 39.3 Å². The Morgan fingerprint density at radius 1 is 0.885 bits per heavy atom. The van der Waals surface area contributed by atoms with Gasteiger partial charge < -0.3 is 4.84 Å². The first-order chi connectivity index (χ1) is 12.6. The summed E-state index contributed by atoms with van der Waals surface area (Å²) in [6.45, 7) is 6.49. The Balaban J connectivity index is 1.70. The van der Waals surface area contributed by atoms with E-state index in [1.54, 1.807) is 0 Å². The fourth-order valence-electron chi connectivity index (χ4n) is 4.53. The smallest absolute Gasteiger partial charge is 0.158 e. The first-order valence-corrected chi connectivity index (χ1v) is 9.14. The van der Waals surface area contributed by atoms with Crippen molar-refractivity contribution in [1.29, 1.82) is 0 Å². The minimum atomic E-state index is -0.0150. The average molecular weight is 339 g/mol. The zero-order valence-corrected chi connectivity index (χ0v) is 15.3. The van der Waals surface area contributed by atoms with Gasteiger partial charge in [0, 0.05) is 5.56 Å². The van der Waals surface area contributed by atoms with Crippen LogP contribution in [0, 0.1) is 20.8 Å². The third kappa shape index (κ3) is 2.22. The summed E-state index contributed by atoms with van der Waals surface area (Å²) in [5.74, 6) is 0.153. The van der Waals surface area contributed by atoms with Crippen molar-refractivity contribution < 1.29 is 4.84 Å². The van der Waals surface area contributed by atoms with E-state index in [1.165, 1.54) is 44.2 Å². The van der Waals surface area contributed by atoms with Gasteiger partial charge in [0.1, 0.15) is 0 Å². The van der Waals surface area contributed by atoms with Gasteiger partial charge in [0.25, 0.3) is 0 Å². The molecule has 3 aromatic rings. The summed E-state index contributed by atoms with van der Waals surface area (Å²) in [5.41, 5.74) is 8.69. The molecule has 0 bridgehead atoms. The average Bonchev–Trinajstić information content (AvgIpc) is 3.03. The van der Waals surface area contributed by atoms with E-state index >= 15 is 0 Å². The largest absolute Gasteiger partial charge is 0.387 e. The summed E-state index contributed by atoms with van der Waals surface area (Å²) >= 11 is 0. The van der Waals surface area contributed by atoms with E-state index in [4.69, 9.17) is 4.84 Å². The molecule has 1 heterocycles. The van der Waals surface area contributed by atoms with Crippen LogP contribution in [0.5, 0.6) is 0 Å². The predicted molar refractivity (Wildman–Crippen MR) is 108 cm³/mol. The third-order valence-electron chi connectivity index (χ3n) is 5.58. The number of nitrogens with zero attached hydrogens (tertiary/aromatic N) is 1. The number of hydrogen-bond donors (Lipinski definition) is 0. The van der Waals surface area contributed by atoms with Crippen LogP contribution in [-0.2, 0) is 4.84 Å². The second kappa shape index (κ2) is 5.57. The highest BCUT2D eigenvalue weighted by Gasteiger charge is 2.39. The molecule has 1 aliphatic carbocycles. The van der Waals surface area contributed by atoms with Gasteiger partial charge in [-0.25, -0.2) is 0 Å². The SMILES string of the molecule is Cc1cc(C)c(C2=NO[C@H]3C=Cc4cc5ccccc5cc4[C@@H]23)c(C)c1. The van der Waals surface area contributed by atoms with Crippen LogP contribution < -0.4 is 0 Å². The lowest BCUT2D eigenvalue weighted by molar-refractivity contribution is 0.111. The van der Waals surface area contributed by atoms with Crippen molar-refractivity contribution in [2.45, 2.75) is 32.8 Å². The molecule has 2 atom stereocenters. The topological polar surface area (TPSA) is 21.6 Å². The van der Waals surface area contributed by atoms with Crippen LogP contribution in [0.3, 0.4) is 0 Å². The van der Waals surface area contributed by atoms with E-state index in [2.05, 4.69) is 86.6 Å². The summed E-state index contributed by atoms with van der Waals surface area (Å²) in [7, 11) is 0. The van der Waals surface area contributed by atoms with Gasteiger partial charge in [0.05, 0.1) is 11.6 Å². The van der Waals surface area contributed by atoms with Gasteiger partial charge in [-0.05, 0) is 72.0 Å². The molecular weight excluding hydrogens is 318 g/mol. The molecule has 0 spiro atoms. The molecule has 0 unspecified atom stereocenters. The van der Waals surface area contributed by atoms with E-state index in [0.717, 1.165) is 5.71 Å². The summed E-state index contributed by atoms with van der Waals surface area (Å²) in [4.78, 5) is 5.83. The fourth-order valence-corrected chi connectivity index (χ4v) is 4.53. The molecule has 5 rings (SSSR count). The normalized spacial score (nSPS) is 20.5. The predicted octanol–water partition coefficient (Wildman–Crippen LogP) is 5.68. The van der Waals surface area contributed by atoms with Crippen LogP contribution in [0.2, 0.25) is 0 Å². The molecule has 128 valence electrons. The molecule has 0 radical (unpaired) electrons. The highest BCUT2D eigenvalue weighted by Crippen LogP contribution is 2.41. The Kier molecular flexibility index (Phi) is 3.30. The standard InChI is InChI=1S/C24H21NO/c1-14-10-15(2)22(16(3)11-14)24-23-20-13-18-7-5-4-6-17(18)12-19(20)8-9-21(23)26-25-24/h4-13,21,23H,1-3H3/t21-,23+/m0/s1. The molecule has 1 aliphatic heterocycles. The summed E-state index contributed by atoms with van der Waals surface area (Å²) in [6, 6.07) is 17.6. The van der Waals surface area contributed by atoms with Crippen molar-refractivity contribution in [1.82, 2.24) is 0 Å². The lowest BCUT2D eigenvalue weighted by atomic mass is 9.78. The van der Waals surface area contributed by atoms with Crippen molar-refractivity contribution >= 4 is 22.6 Å². The van der Waals surface area contributed by atoms with Crippen LogP contribution in [0.25, 0.3) is 16.8 Å². The van der Waals surface area contributed by atoms with E-state index in [-0.39, 0.29) is 12.0 Å². The van der Waals surface area contributed by atoms with Crippen molar-refractivity contribution in [2.24, 2.45) is 5.16 Å². The maximum Gasteiger partial charge on any atom is 0.158 e. The van der Waals surface area contributed by atoms with E-state index < -0.39 is 0 Å². The highest BCUT2D eigenvalue weighted by atomic mass is 16.6. The van der Waals surface area contributed by atoms with Crippen LogP contribution in [0.4, 0.5) is 0 Å².